The minimum absolute atomic E-state index is 0.0711. The van der Waals surface area contributed by atoms with Crippen LogP contribution < -0.4 is 10.6 Å². The molecule has 0 aromatic carbocycles. The lowest BCUT2D eigenvalue weighted by Crippen LogP contribution is -2.46. The molecule has 0 saturated carbocycles. The second-order valence-corrected chi connectivity index (χ2v) is 3.78. The Morgan fingerprint density at radius 3 is 2.78 bits per heavy atom. The molecule has 0 bridgehead atoms. The molecule has 0 spiro atoms. The van der Waals surface area contributed by atoms with E-state index in [4.69, 9.17) is 15.6 Å². The van der Waals surface area contributed by atoms with Crippen LogP contribution in [0.5, 0.6) is 0 Å². The Balaban J connectivity index is 2.11. The van der Waals surface area contributed by atoms with Crippen molar-refractivity contribution < 1.29 is 19.4 Å². The number of carbonyl (C=O) groups excluding carboxylic acids is 1. The van der Waals surface area contributed by atoms with Gasteiger partial charge in [-0.2, -0.15) is 0 Å². The van der Waals surface area contributed by atoms with Crippen LogP contribution in [-0.2, 0) is 9.53 Å². The van der Waals surface area contributed by atoms with Crippen LogP contribution in [0.15, 0.2) is 12.1 Å². The van der Waals surface area contributed by atoms with Crippen molar-refractivity contribution in [3.63, 3.8) is 0 Å². The van der Waals surface area contributed by atoms with E-state index in [1.54, 1.807) is 11.0 Å². The topological polar surface area (TPSA) is 119 Å². The molecule has 0 aliphatic carbocycles. The van der Waals surface area contributed by atoms with E-state index in [1.165, 1.54) is 6.07 Å². The molecule has 8 heteroatoms. The first kappa shape index (κ1) is 12.2. The second kappa shape index (κ2) is 4.96. The zero-order chi connectivity index (χ0) is 13.1. The Morgan fingerprint density at radius 1 is 1.44 bits per heavy atom. The Kier molecular flexibility index (Phi) is 3.38. The molecule has 3 N–H and O–H groups in total. The number of aromatic nitrogens is 2. The van der Waals surface area contributed by atoms with Crippen LogP contribution >= 0.6 is 0 Å². The summed E-state index contributed by atoms with van der Waals surface area (Å²) in [5, 5.41) is 16.4. The van der Waals surface area contributed by atoms with Gasteiger partial charge < -0.3 is 20.5 Å². The number of carbonyl (C=O) groups is 2. The predicted octanol–water partition coefficient (Wildman–Crippen LogP) is -1.13. The largest absolute Gasteiger partial charge is 0.479 e. The Labute approximate surface area is 102 Å². The summed E-state index contributed by atoms with van der Waals surface area (Å²) in [6.07, 6.45) is -0.878. The van der Waals surface area contributed by atoms with E-state index in [1.807, 2.05) is 0 Å². The summed E-state index contributed by atoms with van der Waals surface area (Å²) >= 11 is 0. The fourth-order valence-corrected chi connectivity index (χ4v) is 1.63. The van der Waals surface area contributed by atoms with Crippen LogP contribution in [-0.4, -0.2) is 53.0 Å². The third kappa shape index (κ3) is 2.54. The summed E-state index contributed by atoms with van der Waals surface area (Å²) in [6.45, 7) is 1.02. The van der Waals surface area contributed by atoms with Crippen molar-refractivity contribution in [1.82, 2.24) is 10.2 Å². The van der Waals surface area contributed by atoms with Gasteiger partial charge in [0.05, 0.1) is 13.2 Å². The molecule has 1 aromatic heterocycles. The maximum Gasteiger partial charge on any atom is 0.334 e. The SMILES string of the molecule is NC(=O)c1ccc(N2CCOC(C(=O)O)C2)nn1. The van der Waals surface area contributed by atoms with Crippen LogP contribution in [0.1, 0.15) is 10.5 Å². The highest BCUT2D eigenvalue weighted by molar-refractivity contribution is 5.90. The second-order valence-electron chi connectivity index (χ2n) is 3.78. The van der Waals surface area contributed by atoms with Gasteiger partial charge in [-0.05, 0) is 12.1 Å². The van der Waals surface area contributed by atoms with Gasteiger partial charge in [0.2, 0.25) is 0 Å². The summed E-state index contributed by atoms with van der Waals surface area (Å²) in [4.78, 5) is 23.4. The predicted molar refractivity (Wildman–Crippen MR) is 60.1 cm³/mol. The maximum atomic E-state index is 10.8. The minimum Gasteiger partial charge on any atom is -0.479 e. The van der Waals surface area contributed by atoms with Gasteiger partial charge in [-0.3, -0.25) is 4.79 Å². The number of carboxylic acids is 1. The van der Waals surface area contributed by atoms with Gasteiger partial charge in [0.15, 0.2) is 17.6 Å². The number of nitrogens with two attached hydrogens (primary N) is 1. The average molecular weight is 252 g/mol. The molecular formula is C10H12N4O4. The van der Waals surface area contributed by atoms with E-state index in [0.717, 1.165) is 0 Å². The first-order chi connectivity index (χ1) is 8.58. The van der Waals surface area contributed by atoms with Gasteiger partial charge in [0.1, 0.15) is 0 Å². The van der Waals surface area contributed by atoms with Crippen molar-refractivity contribution in [3.05, 3.63) is 17.8 Å². The molecule has 1 saturated heterocycles. The number of amides is 1. The van der Waals surface area contributed by atoms with Crippen molar-refractivity contribution in [1.29, 1.82) is 0 Å². The normalized spacial score (nSPS) is 19.6. The Bertz CT molecular complexity index is 461. The monoisotopic (exact) mass is 252 g/mol. The minimum atomic E-state index is -1.01. The van der Waals surface area contributed by atoms with Gasteiger partial charge in [0.25, 0.3) is 5.91 Å². The maximum absolute atomic E-state index is 10.8. The van der Waals surface area contributed by atoms with Crippen LogP contribution in [0.2, 0.25) is 0 Å². The highest BCUT2D eigenvalue weighted by Crippen LogP contribution is 2.14. The summed E-state index contributed by atoms with van der Waals surface area (Å²) in [5.74, 6) is -1.17. The molecule has 8 nitrogen and oxygen atoms in total. The molecule has 1 unspecified atom stereocenters. The first-order valence-corrected chi connectivity index (χ1v) is 5.31. The standard InChI is InChI=1S/C10H12N4O4/c11-9(15)6-1-2-8(13-12-6)14-3-4-18-7(5-14)10(16)17/h1-2,7H,3-5H2,(H2,11,15)(H,16,17). The number of rotatable bonds is 3. The van der Waals surface area contributed by atoms with Crippen LogP contribution in [0.25, 0.3) is 0 Å². The molecule has 1 fully saturated rings. The van der Waals surface area contributed by atoms with E-state index < -0.39 is 18.0 Å². The molecule has 0 radical (unpaired) electrons. The fraction of sp³-hybridized carbons (Fsp3) is 0.400. The number of hydrogen-bond donors (Lipinski definition) is 2. The Hall–Kier alpha value is -2.22. The zero-order valence-corrected chi connectivity index (χ0v) is 9.44. The van der Waals surface area contributed by atoms with Crippen molar-refractivity contribution in [2.75, 3.05) is 24.6 Å². The number of ether oxygens (including phenoxy) is 1. The quantitative estimate of drug-likeness (QED) is 0.698. The number of hydrogen-bond acceptors (Lipinski definition) is 6. The third-order valence-corrected chi connectivity index (χ3v) is 2.57. The molecule has 2 rings (SSSR count). The van der Waals surface area contributed by atoms with Crippen LogP contribution in [0.4, 0.5) is 5.82 Å². The number of anilines is 1. The van der Waals surface area contributed by atoms with Crippen molar-refractivity contribution in [2.45, 2.75) is 6.10 Å². The number of primary amides is 1. The first-order valence-electron chi connectivity index (χ1n) is 5.31. The molecule has 18 heavy (non-hydrogen) atoms. The van der Waals surface area contributed by atoms with Gasteiger partial charge in [-0.1, -0.05) is 0 Å². The lowest BCUT2D eigenvalue weighted by Gasteiger charge is -2.31. The van der Waals surface area contributed by atoms with Crippen LogP contribution in [0, 0.1) is 0 Å². The number of morpholine rings is 1. The van der Waals surface area contributed by atoms with E-state index in [-0.39, 0.29) is 12.2 Å². The van der Waals surface area contributed by atoms with Crippen molar-refractivity contribution in [2.24, 2.45) is 5.73 Å². The molecule has 96 valence electrons. The fourth-order valence-electron chi connectivity index (χ4n) is 1.63. The molecular weight excluding hydrogens is 240 g/mol. The van der Waals surface area contributed by atoms with Crippen molar-refractivity contribution >= 4 is 17.7 Å². The molecule has 2 heterocycles. The molecule has 1 aliphatic heterocycles. The van der Waals surface area contributed by atoms with Gasteiger partial charge >= 0.3 is 5.97 Å². The lowest BCUT2D eigenvalue weighted by atomic mass is 10.2. The number of carboxylic acid groups (broad SMARTS) is 1. The molecule has 1 aliphatic rings. The van der Waals surface area contributed by atoms with E-state index >= 15 is 0 Å². The summed E-state index contributed by atoms with van der Waals surface area (Å²) in [5.41, 5.74) is 5.12. The highest BCUT2D eigenvalue weighted by atomic mass is 16.5. The lowest BCUT2D eigenvalue weighted by molar-refractivity contribution is -0.150. The summed E-state index contributed by atoms with van der Waals surface area (Å²) < 4.78 is 5.09. The van der Waals surface area contributed by atoms with Gasteiger partial charge in [0, 0.05) is 6.54 Å². The number of aliphatic carboxylic acids is 1. The van der Waals surface area contributed by atoms with E-state index in [0.29, 0.717) is 19.0 Å². The van der Waals surface area contributed by atoms with E-state index in [9.17, 15) is 9.59 Å². The van der Waals surface area contributed by atoms with Crippen LogP contribution in [0.3, 0.4) is 0 Å². The number of nitrogens with zero attached hydrogens (tertiary/aromatic N) is 3. The molecule has 1 atom stereocenters. The summed E-state index contributed by atoms with van der Waals surface area (Å²) in [7, 11) is 0. The third-order valence-electron chi connectivity index (χ3n) is 2.57. The summed E-state index contributed by atoms with van der Waals surface area (Å²) in [6, 6.07) is 3.03. The zero-order valence-electron chi connectivity index (χ0n) is 9.44. The average Bonchev–Trinajstić information content (AvgIpc) is 2.39. The molecule has 1 amide bonds. The van der Waals surface area contributed by atoms with Gasteiger partial charge in [-0.25, -0.2) is 4.79 Å². The Morgan fingerprint density at radius 2 is 2.22 bits per heavy atom. The smallest absolute Gasteiger partial charge is 0.334 e. The van der Waals surface area contributed by atoms with Gasteiger partial charge in [-0.15, -0.1) is 10.2 Å². The van der Waals surface area contributed by atoms with Crippen molar-refractivity contribution in [3.8, 4) is 0 Å². The highest BCUT2D eigenvalue weighted by Gasteiger charge is 2.27. The van der Waals surface area contributed by atoms with E-state index in [2.05, 4.69) is 10.2 Å². The molecule has 1 aromatic rings.